The van der Waals surface area contributed by atoms with E-state index in [-0.39, 0.29) is 30.1 Å². The minimum atomic E-state index is -0.470. The van der Waals surface area contributed by atoms with Crippen LogP contribution in [0.15, 0.2) is 0 Å². The van der Waals surface area contributed by atoms with Crippen molar-refractivity contribution in [2.75, 3.05) is 32.7 Å². The van der Waals surface area contributed by atoms with E-state index < -0.39 is 4.92 Å². The molecule has 1 aromatic rings. The van der Waals surface area contributed by atoms with Crippen molar-refractivity contribution in [1.29, 1.82) is 0 Å². The summed E-state index contributed by atoms with van der Waals surface area (Å²) in [6.07, 6.45) is 0.887. The number of amides is 2. The Hall–Kier alpha value is -2.49. The first kappa shape index (κ1) is 20.8. The molecule has 0 aromatic carbocycles. The molecule has 0 aliphatic carbocycles. The average molecular weight is 380 g/mol. The molecule has 1 N–H and O–H groups in total. The predicted octanol–water partition coefficient (Wildman–Crippen LogP) is 0.467. The van der Waals surface area contributed by atoms with Gasteiger partial charge in [-0.3, -0.25) is 29.3 Å². The number of nitrogens with zero attached hydrogens (tertiary/aromatic N) is 5. The Morgan fingerprint density at radius 1 is 1.22 bits per heavy atom. The smallest absolute Gasteiger partial charge is 0.312 e. The summed E-state index contributed by atoms with van der Waals surface area (Å²) in [6.45, 7) is 9.76. The van der Waals surface area contributed by atoms with Crippen LogP contribution >= 0.6 is 0 Å². The van der Waals surface area contributed by atoms with Crippen molar-refractivity contribution < 1.29 is 14.5 Å². The van der Waals surface area contributed by atoms with Crippen LogP contribution in [-0.2, 0) is 16.1 Å². The number of rotatable bonds is 7. The van der Waals surface area contributed by atoms with Gasteiger partial charge in [-0.25, -0.2) is 0 Å². The zero-order valence-corrected chi connectivity index (χ0v) is 16.4. The lowest BCUT2D eigenvalue weighted by atomic mass is 10.2. The second-order valence-corrected chi connectivity index (χ2v) is 6.97. The largest absolute Gasteiger partial charge is 0.353 e. The molecule has 1 saturated heterocycles. The Labute approximate surface area is 158 Å². The Kier molecular flexibility index (Phi) is 6.89. The van der Waals surface area contributed by atoms with Gasteiger partial charge in [-0.05, 0) is 27.2 Å². The summed E-state index contributed by atoms with van der Waals surface area (Å²) in [5, 5.41) is 18.1. The highest BCUT2D eigenvalue weighted by Gasteiger charge is 2.26. The second-order valence-electron chi connectivity index (χ2n) is 6.97. The van der Waals surface area contributed by atoms with E-state index in [0.717, 1.165) is 6.42 Å². The highest BCUT2D eigenvalue weighted by Crippen LogP contribution is 2.21. The van der Waals surface area contributed by atoms with Crippen LogP contribution in [0, 0.1) is 24.0 Å². The van der Waals surface area contributed by atoms with E-state index in [0.29, 0.717) is 44.1 Å². The fourth-order valence-electron chi connectivity index (χ4n) is 3.11. The summed E-state index contributed by atoms with van der Waals surface area (Å²) >= 11 is 0. The number of carbonyl (C=O) groups excluding carboxylic acids is 2. The van der Waals surface area contributed by atoms with E-state index in [2.05, 4.69) is 10.4 Å². The number of aromatic nitrogens is 2. The topological polar surface area (TPSA) is 114 Å². The van der Waals surface area contributed by atoms with Gasteiger partial charge in [-0.2, -0.15) is 5.10 Å². The fourth-order valence-corrected chi connectivity index (χ4v) is 3.11. The van der Waals surface area contributed by atoms with Gasteiger partial charge in [0.1, 0.15) is 17.9 Å². The van der Waals surface area contributed by atoms with Crippen LogP contribution in [0.3, 0.4) is 0 Å². The maximum atomic E-state index is 12.5. The zero-order chi connectivity index (χ0) is 20.1. The van der Waals surface area contributed by atoms with E-state index >= 15 is 0 Å². The average Bonchev–Trinajstić information content (AvgIpc) is 2.88. The van der Waals surface area contributed by atoms with Gasteiger partial charge < -0.3 is 10.2 Å². The van der Waals surface area contributed by atoms with Gasteiger partial charge >= 0.3 is 5.69 Å². The third-order valence-corrected chi connectivity index (χ3v) is 4.92. The van der Waals surface area contributed by atoms with Crippen molar-refractivity contribution in [2.45, 2.75) is 46.7 Å². The number of aryl methyl sites for hydroxylation is 1. The van der Waals surface area contributed by atoms with Crippen molar-refractivity contribution in [2.24, 2.45) is 0 Å². The molecule has 2 heterocycles. The Bertz CT molecular complexity index is 709. The third-order valence-electron chi connectivity index (χ3n) is 4.92. The molecular weight excluding hydrogens is 352 g/mol. The molecule has 1 aromatic heterocycles. The normalized spacial score (nSPS) is 16.2. The van der Waals surface area contributed by atoms with Gasteiger partial charge in [0.05, 0.1) is 11.5 Å². The van der Waals surface area contributed by atoms with Crippen molar-refractivity contribution in [3.05, 3.63) is 21.5 Å². The molecule has 0 saturated carbocycles. The van der Waals surface area contributed by atoms with Crippen LogP contribution in [-0.4, -0.2) is 75.1 Å². The zero-order valence-electron chi connectivity index (χ0n) is 16.4. The van der Waals surface area contributed by atoms with Gasteiger partial charge in [-0.1, -0.05) is 6.92 Å². The summed E-state index contributed by atoms with van der Waals surface area (Å²) in [4.78, 5) is 38.8. The number of nitrogens with one attached hydrogen (secondary N) is 1. The fraction of sp³-hybridized carbons (Fsp3) is 0.706. The van der Waals surface area contributed by atoms with E-state index in [4.69, 9.17) is 0 Å². The third kappa shape index (κ3) is 5.25. The molecule has 0 bridgehead atoms. The molecule has 1 aliphatic heterocycles. The summed E-state index contributed by atoms with van der Waals surface area (Å²) in [5.41, 5.74) is 0.647. The van der Waals surface area contributed by atoms with Gasteiger partial charge in [0.2, 0.25) is 11.8 Å². The minimum absolute atomic E-state index is 0.000854. The molecule has 1 unspecified atom stereocenters. The first-order valence-electron chi connectivity index (χ1n) is 9.20. The van der Waals surface area contributed by atoms with Crippen molar-refractivity contribution in [1.82, 2.24) is 24.9 Å². The Morgan fingerprint density at radius 2 is 1.85 bits per heavy atom. The quantitative estimate of drug-likeness (QED) is 0.543. The standard InChI is InChI=1S/C17H28N6O4/c1-5-12(2)18-15(24)10-20-6-8-21(9-7-20)16(25)11-22-14(4)17(23(26)27)13(3)19-22/h12H,5-11H2,1-4H3,(H,18,24). The highest BCUT2D eigenvalue weighted by atomic mass is 16.6. The van der Waals surface area contributed by atoms with Gasteiger partial charge in [0.25, 0.3) is 0 Å². The molecular formula is C17H28N6O4. The lowest BCUT2D eigenvalue weighted by Crippen LogP contribution is -2.52. The van der Waals surface area contributed by atoms with Crippen molar-refractivity contribution >= 4 is 17.5 Å². The number of nitro groups is 1. The molecule has 1 atom stereocenters. The predicted molar refractivity (Wildman–Crippen MR) is 99.3 cm³/mol. The summed E-state index contributed by atoms with van der Waals surface area (Å²) in [7, 11) is 0. The molecule has 1 fully saturated rings. The summed E-state index contributed by atoms with van der Waals surface area (Å²) < 4.78 is 1.39. The molecule has 0 spiro atoms. The Morgan fingerprint density at radius 3 is 2.37 bits per heavy atom. The number of hydrogen-bond donors (Lipinski definition) is 1. The van der Waals surface area contributed by atoms with Crippen LogP contribution in [0.2, 0.25) is 0 Å². The van der Waals surface area contributed by atoms with Crippen LogP contribution in [0.1, 0.15) is 31.7 Å². The first-order chi connectivity index (χ1) is 12.7. The monoisotopic (exact) mass is 380 g/mol. The van der Waals surface area contributed by atoms with E-state index in [1.165, 1.54) is 4.68 Å². The lowest BCUT2D eigenvalue weighted by molar-refractivity contribution is -0.386. The van der Waals surface area contributed by atoms with E-state index in [1.54, 1.807) is 18.7 Å². The maximum absolute atomic E-state index is 12.5. The number of carbonyl (C=O) groups is 2. The highest BCUT2D eigenvalue weighted by molar-refractivity contribution is 5.78. The molecule has 27 heavy (non-hydrogen) atoms. The van der Waals surface area contributed by atoms with Crippen LogP contribution in [0.25, 0.3) is 0 Å². The van der Waals surface area contributed by atoms with Crippen molar-refractivity contribution in [3.63, 3.8) is 0 Å². The van der Waals surface area contributed by atoms with Crippen LogP contribution in [0.4, 0.5) is 5.69 Å². The summed E-state index contributed by atoms with van der Waals surface area (Å²) in [5.74, 6) is -0.127. The minimum Gasteiger partial charge on any atom is -0.353 e. The van der Waals surface area contributed by atoms with Crippen LogP contribution in [0.5, 0.6) is 0 Å². The van der Waals surface area contributed by atoms with Gasteiger partial charge in [-0.15, -0.1) is 0 Å². The number of piperazine rings is 1. The summed E-state index contributed by atoms with van der Waals surface area (Å²) in [6, 6.07) is 0.158. The maximum Gasteiger partial charge on any atom is 0.312 e. The van der Waals surface area contributed by atoms with E-state index in [9.17, 15) is 19.7 Å². The van der Waals surface area contributed by atoms with Gasteiger partial charge in [0, 0.05) is 32.2 Å². The molecule has 2 amide bonds. The molecule has 150 valence electrons. The lowest BCUT2D eigenvalue weighted by Gasteiger charge is -2.34. The van der Waals surface area contributed by atoms with Crippen molar-refractivity contribution in [3.8, 4) is 0 Å². The molecule has 0 radical (unpaired) electrons. The molecule has 1 aliphatic rings. The first-order valence-corrected chi connectivity index (χ1v) is 9.20. The molecule has 10 heteroatoms. The van der Waals surface area contributed by atoms with Gasteiger partial charge in [0.15, 0.2) is 0 Å². The molecule has 2 rings (SSSR count). The second kappa shape index (κ2) is 8.94. The van der Waals surface area contributed by atoms with Crippen LogP contribution < -0.4 is 5.32 Å². The Balaban J connectivity index is 1.86. The SMILES string of the molecule is CCC(C)NC(=O)CN1CCN(C(=O)Cn2nc(C)c([N+](=O)[O-])c2C)CC1. The number of hydrogen-bond acceptors (Lipinski definition) is 6. The van der Waals surface area contributed by atoms with E-state index in [1.807, 2.05) is 18.7 Å². The molecule has 10 nitrogen and oxygen atoms in total.